The summed E-state index contributed by atoms with van der Waals surface area (Å²) in [5.74, 6) is 0. The zero-order chi connectivity index (χ0) is 53.9. The third kappa shape index (κ3) is 6.76. The van der Waals surface area contributed by atoms with Crippen molar-refractivity contribution in [1.82, 2.24) is 13.7 Å². The predicted octanol–water partition coefficient (Wildman–Crippen LogP) is 17.5. The van der Waals surface area contributed by atoms with Gasteiger partial charge in [0, 0.05) is 54.8 Å². The van der Waals surface area contributed by atoms with Gasteiger partial charge in [-0.05, 0) is 126 Å². The SMILES string of the molecule is c1ccc(-c2cccc([Si](c3ccccc3)(c3ccccc3)c3cccc(-n4c5cc(-n6c7ccccc7c7cc(-n8c9ccccc9c9ccccc98)ccc76)ccc5c5c6c7ccccc7c7ccccc7c6ccc54)c3)c2)cc1. The Labute approximate surface area is 475 Å². The zero-order valence-electron chi connectivity index (χ0n) is 44.8. The molecule has 82 heavy (non-hydrogen) atoms. The zero-order valence-corrected chi connectivity index (χ0v) is 45.8. The maximum atomic E-state index is 2.57. The average Bonchev–Trinajstić information content (AvgIpc) is 4.30. The third-order valence-corrected chi connectivity index (χ3v) is 22.5. The van der Waals surface area contributed by atoms with E-state index in [4.69, 9.17) is 0 Å². The van der Waals surface area contributed by atoms with Crippen LogP contribution in [0.4, 0.5) is 0 Å². The fourth-order valence-electron chi connectivity index (χ4n) is 14.3. The molecule has 0 fully saturated rings. The van der Waals surface area contributed by atoms with Gasteiger partial charge >= 0.3 is 0 Å². The highest BCUT2D eigenvalue weighted by Gasteiger charge is 2.42. The third-order valence-electron chi connectivity index (χ3n) is 17.7. The largest absolute Gasteiger partial charge is 0.309 e. The number of hydrogen-bond donors (Lipinski definition) is 0. The van der Waals surface area contributed by atoms with E-state index < -0.39 is 8.07 Å². The van der Waals surface area contributed by atoms with E-state index in [1.807, 2.05) is 0 Å². The Hall–Kier alpha value is -10.5. The highest BCUT2D eigenvalue weighted by atomic mass is 28.3. The van der Waals surface area contributed by atoms with E-state index in [-0.39, 0.29) is 0 Å². The fraction of sp³-hybridized carbons (Fsp3) is 0. The molecule has 0 N–H and O–H groups in total. The quantitative estimate of drug-likeness (QED) is 0.0818. The van der Waals surface area contributed by atoms with Crippen molar-refractivity contribution < 1.29 is 0 Å². The molecule has 0 unspecified atom stereocenters. The van der Waals surface area contributed by atoms with Crippen LogP contribution in [0, 0.1) is 0 Å². The van der Waals surface area contributed by atoms with Crippen molar-refractivity contribution in [3.8, 4) is 28.2 Å². The number of para-hydroxylation sites is 3. The van der Waals surface area contributed by atoms with Crippen molar-refractivity contribution in [2.75, 3.05) is 0 Å². The summed E-state index contributed by atoms with van der Waals surface area (Å²) >= 11 is 0. The van der Waals surface area contributed by atoms with Crippen molar-refractivity contribution in [3.05, 3.63) is 309 Å². The van der Waals surface area contributed by atoms with E-state index >= 15 is 0 Å². The van der Waals surface area contributed by atoms with E-state index in [0.29, 0.717) is 0 Å². The summed E-state index contributed by atoms with van der Waals surface area (Å²) in [5.41, 5.74) is 12.9. The van der Waals surface area contributed by atoms with Gasteiger partial charge in [-0.2, -0.15) is 0 Å². The van der Waals surface area contributed by atoms with Gasteiger partial charge in [-0.25, -0.2) is 0 Å². The molecule has 3 heterocycles. The van der Waals surface area contributed by atoms with Gasteiger partial charge in [-0.1, -0.05) is 243 Å². The molecule has 0 atom stereocenters. The highest BCUT2D eigenvalue weighted by molar-refractivity contribution is 7.20. The van der Waals surface area contributed by atoms with Crippen molar-refractivity contribution >= 4 is 127 Å². The average molecular weight is 1060 g/mol. The van der Waals surface area contributed by atoms with Gasteiger partial charge in [-0.3, -0.25) is 0 Å². The molecule has 0 aliphatic heterocycles. The highest BCUT2D eigenvalue weighted by Crippen LogP contribution is 2.45. The molecule has 0 aliphatic rings. The Morgan fingerprint density at radius 2 is 0.573 bits per heavy atom. The van der Waals surface area contributed by atoms with Crippen molar-refractivity contribution in [1.29, 1.82) is 0 Å². The minimum absolute atomic E-state index is 1.11. The molecular formula is C78H51N3Si. The van der Waals surface area contributed by atoms with Crippen LogP contribution in [-0.2, 0) is 0 Å². The van der Waals surface area contributed by atoms with Crippen molar-refractivity contribution in [3.63, 3.8) is 0 Å². The van der Waals surface area contributed by atoms with Crippen LogP contribution in [0.2, 0.25) is 0 Å². The summed E-state index contributed by atoms with van der Waals surface area (Å²) in [6.45, 7) is 0. The molecule has 0 aliphatic carbocycles. The molecule has 0 amide bonds. The molecule has 17 aromatic rings. The molecule has 17 rings (SSSR count). The summed E-state index contributed by atoms with van der Waals surface area (Å²) in [5, 5.41) is 20.4. The number of aromatic nitrogens is 3. The van der Waals surface area contributed by atoms with Crippen LogP contribution in [0.1, 0.15) is 0 Å². The van der Waals surface area contributed by atoms with Gasteiger partial charge in [0.1, 0.15) is 0 Å². The molecule has 4 heteroatoms. The molecule has 3 aromatic heterocycles. The van der Waals surface area contributed by atoms with E-state index in [0.717, 1.165) is 28.1 Å². The molecule has 14 aromatic carbocycles. The number of fused-ring (bicyclic) bond motifs is 16. The molecule has 0 bridgehead atoms. The van der Waals surface area contributed by atoms with E-state index in [2.05, 4.69) is 323 Å². The second-order valence-electron chi connectivity index (χ2n) is 21.9. The number of benzene rings is 14. The monoisotopic (exact) mass is 1060 g/mol. The van der Waals surface area contributed by atoms with Gasteiger partial charge in [-0.15, -0.1) is 0 Å². The van der Waals surface area contributed by atoms with Crippen molar-refractivity contribution in [2.45, 2.75) is 0 Å². The lowest BCUT2D eigenvalue weighted by molar-refractivity contribution is 1.15. The number of hydrogen-bond acceptors (Lipinski definition) is 0. The standard InChI is InChI=1S/C78H51N3Si/c1-4-22-52(23-5-1)53-24-20-30-59(48-53)82(57-26-6-2-7-27-57,58-28-8-3-9-29-58)60-31-21-25-54(49-60)81-75-47-45-68-63-34-11-10-32-61(63)62-33-12-13-38-67(62)77(68)78(75)69-44-42-56(51-76(69)81)80-73-41-19-16-37-66(73)70-50-55(43-46-74(70)80)79-71-39-17-14-35-64(71)65-36-15-18-40-72(65)79/h1-51H. The molecule has 0 radical (unpaired) electrons. The van der Waals surface area contributed by atoms with Crippen molar-refractivity contribution in [2.24, 2.45) is 0 Å². The van der Waals surface area contributed by atoms with Gasteiger partial charge in [0.25, 0.3) is 0 Å². The second kappa shape index (κ2) is 18.3. The van der Waals surface area contributed by atoms with Gasteiger partial charge in [0.2, 0.25) is 0 Å². The maximum Gasteiger partial charge on any atom is 0.179 e. The Balaban J connectivity index is 0.957. The Morgan fingerprint density at radius 3 is 1.20 bits per heavy atom. The first-order chi connectivity index (χ1) is 40.7. The smallest absolute Gasteiger partial charge is 0.179 e. The van der Waals surface area contributed by atoms with Gasteiger partial charge < -0.3 is 13.7 Å². The lowest BCUT2D eigenvalue weighted by atomic mass is 9.92. The first-order valence-corrected chi connectivity index (χ1v) is 30.4. The Kier molecular flexibility index (Phi) is 10.3. The molecule has 382 valence electrons. The van der Waals surface area contributed by atoms with Crippen LogP contribution in [0.15, 0.2) is 309 Å². The summed E-state index contributed by atoms with van der Waals surface area (Å²) in [4.78, 5) is 0. The van der Waals surface area contributed by atoms with Gasteiger partial charge in [0.15, 0.2) is 8.07 Å². The summed E-state index contributed by atoms with van der Waals surface area (Å²) in [7, 11) is -3.04. The summed E-state index contributed by atoms with van der Waals surface area (Å²) in [6, 6.07) is 116. The predicted molar refractivity (Wildman–Crippen MR) is 351 cm³/mol. The molecular weight excluding hydrogens is 1010 g/mol. The Morgan fingerprint density at radius 1 is 0.183 bits per heavy atom. The lowest BCUT2D eigenvalue weighted by Crippen LogP contribution is -2.74. The molecule has 3 nitrogen and oxygen atoms in total. The fourth-order valence-corrected chi connectivity index (χ4v) is 19.1. The summed E-state index contributed by atoms with van der Waals surface area (Å²) < 4.78 is 7.49. The summed E-state index contributed by atoms with van der Waals surface area (Å²) in [6.07, 6.45) is 0. The van der Waals surface area contributed by atoms with Crippen LogP contribution in [-0.4, -0.2) is 21.8 Å². The maximum absolute atomic E-state index is 3.04. The van der Waals surface area contributed by atoms with E-state index in [1.165, 1.54) is 119 Å². The van der Waals surface area contributed by atoms with E-state index in [9.17, 15) is 0 Å². The van der Waals surface area contributed by atoms with E-state index in [1.54, 1.807) is 0 Å². The van der Waals surface area contributed by atoms with Crippen LogP contribution >= 0.6 is 0 Å². The molecule has 0 spiro atoms. The van der Waals surface area contributed by atoms with Crippen LogP contribution in [0.5, 0.6) is 0 Å². The minimum atomic E-state index is -3.04. The first-order valence-electron chi connectivity index (χ1n) is 28.4. The lowest BCUT2D eigenvalue weighted by Gasteiger charge is -2.35. The Bertz CT molecular complexity index is 5270. The van der Waals surface area contributed by atoms with Crippen LogP contribution in [0.25, 0.3) is 126 Å². The topological polar surface area (TPSA) is 14.8 Å². The number of rotatable bonds is 8. The number of nitrogens with zero attached hydrogens (tertiary/aromatic N) is 3. The second-order valence-corrected chi connectivity index (χ2v) is 25.7. The van der Waals surface area contributed by atoms with Crippen LogP contribution < -0.4 is 20.7 Å². The molecule has 0 saturated carbocycles. The first kappa shape index (κ1) is 46.4. The minimum Gasteiger partial charge on any atom is -0.309 e. The van der Waals surface area contributed by atoms with Gasteiger partial charge in [0.05, 0.1) is 33.1 Å². The van der Waals surface area contributed by atoms with Crippen LogP contribution in [0.3, 0.4) is 0 Å². The molecule has 0 saturated heterocycles. The normalized spacial score (nSPS) is 12.1.